The number of hydrogen-bond donors (Lipinski definition) is 1. The molecule has 114 valence electrons. The Bertz CT molecular complexity index is 381. The van der Waals surface area contributed by atoms with E-state index in [0.717, 1.165) is 6.54 Å². The number of benzene rings is 1. The first-order valence-electron chi connectivity index (χ1n) is 7.43. The molecule has 0 aliphatic heterocycles. The van der Waals surface area contributed by atoms with Gasteiger partial charge < -0.3 is 10.2 Å². The fraction of sp³-hybridized carbons (Fsp3) is 0.647. The van der Waals surface area contributed by atoms with Gasteiger partial charge in [-0.2, -0.15) is 11.8 Å². The summed E-state index contributed by atoms with van der Waals surface area (Å²) in [5.41, 5.74) is 2.82. The van der Waals surface area contributed by atoms with Crippen molar-refractivity contribution in [3.05, 3.63) is 29.8 Å². The van der Waals surface area contributed by atoms with Crippen molar-refractivity contribution >= 4 is 17.4 Å². The van der Waals surface area contributed by atoms with Gasteiger partial charge in [0.1, 0.15) is 0 Å². The molecule has 0 radical (unpaired) electrons. The van der Waals surface area contributed by atoms with Crippen LogP contribution in [0.3, 0.4) is 0 Å². The highest BCUT2D eigenvalue weighted by atomic mass is 32.2. The molecule has 0 aliphatic carbocycles. The second-order valence-corrected chi connectivity index (χ2v) is 7.31. The highest BCUT2D eigenvalue weighted by Gasteiger charge is 2.13. The molecule has 1 aromatic carbocycles. The van der Waals surface area contributed by atoms with E-state index in [1.54, 1.807) is 0 Å². The van der Waals surface area contributed by atoms with E-state index >= 15 is 0 Å². The highest BCUT2D eigenvalue weighted by Crippen LogP contribution is 2.19. The first kappa shape index (κ1) is 17.4. The molecule has 0 aromatic heterocycles. The largest absolute Gasteiger partial charge is 0.371 e. The van der Waals surface area contributed by atoms with Crippen LogP contribution in [-0.4, -0.2) is 30.6 Å². The molecule has 0 saturated heterocycles. The van der Waals surface area contributed by atoms with Crippen LogP contribution >= 0.6 is 11.8 Å². The Morgan fingerprint density at radius 1 is 1.20 bits per heavy atom. The zero-order valence-electron chi connectivity index (χ0n) is 13.9. The normalized spacial score (nSPS) is 13.3. The van der Waals surface area contributed by atoms with E-state index in [0.29, 0.717) is 6.04 Å². The second kappa shape index (κ2) is 7.94. The molecule has 1 rings (SSSR count). The second-order valence-electron chi connectivity index (χ2n) is 6.40. The van der Waals surface area contributed by atoms with Gasteiger partial charge in [0.2, 0.25) is 0 Å². The smallest absolute Gasteiger partial charge is 0.0374 e. The fourth-order valence-corrected chi connectivity index (χ4v) is 2.97. The molecule has 2 nitrogen and oxygen atoms in total. The lowest BCUT2D eigenvalue weighted by Gasteiger charge is -2.29. The summed E-state index contributed by atoms with van der Waals surface area (Å²) in [5, 5.41) is 3.52. The number of hydrogen-bond acceptors (Lipinski definition) is 3. The van der Waals surface area contributed by atoms with Crippen molar-refractivity contribution in [3.8, 4) is 0 Å². The van der Waals surface area contributed by atoms with Crippen LogP contribution in [0.1, 0.15) is 39.7 Å². The molecule has 0 amide bonds. The lowest BCUT2D eigenvalue weighted by Crippen LogP contribution is -2.35. The maximum absolute atomic E-state index is 3.52. The quantitative estimate of drug-likeness (QED) is 0.813. The van der Waals surface area contributed by atoms with Crippen molar-refractivity contribution in [2.45, 2.75) is 52.2 Å². The van der Waals surface area contributed by atoms with E-state index in [2.05, 4.69) is 75.5 Å². The van der Waals surface area contributed by atoms with Crippen molar-refractivity contribution in [2.75, 3.05) is 24.0 Å². The van der Waals surface area contributed by atoms with E-state index in [-0.39, 0.29) is 5.54 Å². The maximum Gasteiger partial charge on any atom is 0.0374 e. The molecule has 0 saturated carbocycles. The van der Waals surface area contributed by atoms with Crippen LogP contribution in [0.2, 0.25) is 0 Å². The summed E-state index contributed by atoms with van der Waals surface area (Å²) < 4.78 is 0. The molecule has 1 N–H and O–H groups in total. The Hall–Kier alpha value is -0.670. The molecule has 20 heavy (non-hydrogen) atoms. The van der Waals surface area contributed by atoms with Crippen molar-refractivity contribution in [3.63, 3.8) is 0 Å². The molecule has 0 bridgehead atoms. The minimum atomic E-state index is 0.168. The summed E-state index contributed by atoms with van der Waals surface area (Å²) in [6.07, 6.45) is 3.36. The zero-order chi connectivity index (χ0) is 15.2. The average Bonchev–Trinajstić information content (AvgIpc) is 2.41. The third-order valence-electron chi connectivity index (χ3n) is 3.54. The third kappa shape index (κ3) is 5.76. The predicted molar refractivity (Wildman–Crippen MR) is 93.9 cm³/mol. The maximum atomic E-state index is 3.52. The van der Waals surface area contributed by atoms with Crippen LogP contribution in [0.4, 0.5) is 5.69 Å². The van der Waals surface area contributed by atoms with E-state index in [4.69, 9.17) is 0 Å². The van der Waals surface area contributed by atoms with E-state index in [1.807, 2.05) is 11.8 Å². The van der Waals surface area contributed by atoms with Crippen LogP contribution in [0.15, 0.2) is 24.3 Å². The molecule has 3 heteroatoms. The SMILES string of the molecule is CCC(CSC)N(C)c1ccc(CNC(C)(C)C)cc1. The first-order valence-corrected chi connectivity index (χ1v) is 8.82. The van der Waals surface area contributed by atoms with Gasteiger partial charge in [0.05, 0.1) is 0 Å². The molecular weight excluding hydrogens is 264 g/mol. The minimum Gasteiger partial charge on any atom is -0.371 e. The number of thioether (sulfide) groups is 1. The number of rotatable bonds is 7. The van der Waals surface area contributed by atoms with E-state index < -0.39 is 0 Å². The average molecular weight is 295 g/mol. The Morgan fingerprint density at radius 3 is 2.25 bits per heavy atom. The van der Waals surface area contributed by atoms with Crippen LogP contribution in [0.25, 0.3) is 0 Å². The minimum absolute atomic E-state index is 0.168. The van der Waals surface area contributed by atoms with Crippen molar-refractivity contribution < 1.29 is 0 Å². The summed E-state index contributed by atoms with van der Waals surface area (Å²) in [6.45, 7) is 9.78. The lowest BCUT2D eigenvalue weighted by molar-refractivity contribution is 0.424. The molecule has 0 fully saturated rings. The van der Waals surface area contributed by atoms with Gasteiger partial charge in [-0.1, -0.05) is 19.1 Å². The molecule has 0 aliphatic rings. The number of nitrogens with zero attached hydrogens (tertiary/aromatic N) is 1. The summed E-state index contributed by atoms with van der Waals surface area (Å²) in [6, 6.07) is 9.56. The molecule has 0 spiro atoms. The summed E-state index contributed by atoms with van der Waals surface area (Å²) in [7, 11) is 2.20. The fourth-order valence-electron chi connectivity index (χ4n) is 2.12. The Labute approximate surface area is 129 Å². The van der Waals surface area contributed by atoms with Gasteiger partial charge in [-0.05, 0) is 51.1 Å². The Kier molecular flexibility index (Phi) is 6.90. The monoisotopic (exact) mass is 294 g/mol. The van der Waals surface area contributed by atoms with Gasteiger partial charge in [-0.15, -0.1) is 0 Å². The van der Waals surface area contributed by atoms with Crippen LogP contribution in [0.5, 0.6) is 0 Å². The number of nitrogens with one attached hydrogen (secondary N) is 1. The molecular formula is C17H30N2S. The Morgan fingerprint density at radius 2 is 1.80 bits per heavy atom. The highest BCUT2D eigenvalue weighted by molar-refractivity contribution is 7.98. The third-order valence-corrected chi connectivity index (χ3v) is 4.26. The number of anilines is 1. The van der Waals surface area contributed by atoms with Gasteiger partial charge >= 0.3 is 0 Å². The van der Waals surface area contributed by atoms with Crippen molar-refractivity contribution in [1.29, 1.82) is 0 Å². The van der Waals surface area contributed by atoms with E-state index in [9.17, 15) is 0 Å². The van der Waals surface area contributed by atoms with Gasteiger partial charge in [0.25, 0.3) is 0 Å². The van der Waals surface area contributed by atoms with Gasteiger partial charge in [-0.3, -0.25) is 0 Å². The Balaban J connectivity index is 2.65. The zero-order valence-corrected chi connectivity index (χ0v) is 14.7. The van der Waals surface area contributed by atoms with Crippen LogP contribution < -0.4 is 10.2 Å². The van der Waals surface area contributed by atoms with E-state index in [1.165, 1.54) is 23.4 Å². The summed E-state index contributed by atoms with van der Waals surface area (Å²) in [5.74, 6) is 1.18. The van der Waals surface area contributed by atoms with Crippen LogP contribution in [0, 0.1) is 0 Å². The standard InChI is InChI=1S/C17H30N2S/c1-7-15(13-20-6)19(5)16-10-8-14(9-11-16)12-18-17(2,3)4/h8-11,15,18H,7,12-13H2,1-6H3. The summed E-state index contributed by atoms with van der Waals surface area (Å²) in [4.78, 5) is 2.40. The van der Waals surface area contributed by atoms with Crippen molar-refractivity contribution in [1.82, 2.24) is 5.32 Å². The van der Waals surface area contributed by atoms with Gasteiger partial charge in [0.15, 0.2) is 0 Å². The summed E-state index contributed by atoms with van der Waals surface area (Å²) >= 11 is 1.92. The van der Waals surface area contributed by atoms with Crippen molar-refractivity contribution in [2.24, 2.45) is 0 Å². The van der Waals surface area contributed by atoms with Gasteiger partial charge in [0, 0.05) is 36.6 Å². The molecule has 1 atom stereocenters. The van der Waals surface area contributed by atoms with Gasteiger partial charge in [-0.25, -0.2) is 0 Å². The topological polar surface area (TPSA) is 15.3 Å². The van der Waals surface area contributed by atoms with Crippen LogP contribution in [-0.2, 0) is 6.54 Å². The molecule has 1 unspecified atom stereocenters. The first-order chi connectivity index (χ1) is 9.37. The predicted octanol–water partition coefficient (Wildman–Crippen LogP) is 4.15. The lowest BCUT2D eigenvalue weighted by atomic mass is 10.1. The molecule has 0 heterocycles. The molecule has 1 aromatic rings.